The lowest BCUT2D eigenvalue weighted by atomic mass is 9.90. The van der Waals surface area contributed by atoms with Gasteiger partial charge in [-0.15, -0.1) is 0 Å². The third-order valence-corrected chi connectivity index (χ3v) is 6.31. The van der Waals surface area contributed by atoms with Crippen molar-refractivity contribution in [2.45, 2.75) is 44.7 Å². The van der Waals surface area contributed by atoms with Crippen molar-refractivity contribution in [3.05, 3.63) is 66.4 Å². The number of rotatable bonds is 5. The zero-order chi connectivity index (χ0) is 22.1. The van der Waals surface area contributed by atoms with Crippen LogP contribution in [0.25, 0.3) is 21.9 Å². The summed E-state index contributed by atoms with van der Waals surface area (Å²) in [6.07, 6.45) is 6.22. The number of aryl methyl sites for hydroxylation is 1. The summed E-state index contributed by atoms with van der Waals surface area (Å²) in [7, 11) is 0. The Morgan fingerprint density at radius 1 is 1.03 bits per heavy atom. The van der Waals surface area contributed by atoms with E-state index >= 15 is 0 Å². The second kappa shape index (κ2) is 8.55. The van der Waals surface area contributed by atoms with Gasteiger partial charge < -0.3 is 26.5 Å². The summed E-state index contributed by atoms with van der Waals surface area (Å²) in [5.41, 5.74) is 10.5. The number of fused-ring (bicyclic) bond motifs is 1. The average Bonchev–Trinajstić information content (AvgIpc) is 3.18. The van der Waals surface area contributed by atoms with Crippen molar-refractivity contribution in [1.82, 2.24) is 9.97 Å². The largest absolute Gasteiger partial charge is 0.494 e. The molecular formula is C26H29N5O. The molecule has 4 aromatic rings. The van der Waals surface area contributed by atoms with Gasteiger partial charge in [-0.25, -0.2) is 4.98 Å². The van der Waals surface area contributed by atoms with E-state index < -0.39 is 0 Å². The Labute approximate surface area is 187 Å². The van der Waals surface area contributed by atoms with Crippen LogP contribution in [0.4, 0.5) is 17.3 Å². The molecule has 5 rings (SSSR count). The summed E-state index contributed by atoms with van der Waals surface area (Å²) < 4.78 is 0. The second-order valence-corrected chi connectivity index (χ2v) is 8.67. The van der Waals surface area contributed by atoms with E-state index in [4.69, 9.17) is 10.7 Å². The number of nitrogens with zero attached hydrogens (tertiary/aromatic N) is 1. The molecule has 0 aliphatic heterocycles. The van der Waals surface area contributed by atoms with E-state index in [1.165, 1.54) is 6.42 Å². The minimum Gasteiger partial charge on any atom is -0.494 e. The molecule has 1 saturated carbocycles. The fourth-order valence-corrected chi connectivity index (χ4v) is 4.67. The van der Waals surface area contributed by atoms with Crippen molar-refractivity contribution >= 4 is 28.1 Å². The number of nitrogens with one attached hydrogen (secondary N) is 3. The molecule has 0 bridgehead atoms. The van der Waals surface area contributed by atoms with E-state index in [-0.39, 0.29) is 18.0 Å². The third-order valence-electron chi connectivity index (χ3n) is 6.31. The van der Waals surface area contributed by atoms with Gasteiger partial charge in [-0.3, -0.25) is 0 Å². The standard InChI is InChI=1S/C26H29N5O/c1-16-8-7-11-18(14-16)29-25-23-19(15-28-26(23)32)22(17-9-3-2-4-10-17)24(31-25)30-21-13-6-5-12-20(21)27/h2-4,7-11,14-15,20-21,28,30,32H,5-6,12-13,27H2,1H3,(H,29,31)/t20-,21+/m0/s1. The molecule has 2 atom stereocenters. The summed E-state index contributed by atoms with van der Waals surface area (Å²) in [6.45, 7) is 2.05. The smallest absolute Gasteiger partial charge is 0.200 e. The van der Waals surface area contributed by atoms with Crippen molar-refractivity contribution in [3.8, 4) is 17.0 Å². The van der Waals surface area contributed by atoms with E-state index in [9.17, 15) is 5.11 Å². The Hall–Kier alpha value is -3.51. The third kappa shape index (κ3) is 3.89. The fraction of sp³-hybridized carbons (Fsp3) is 0.269. The van der Waals surface area contributed by atoms with Crippen molar-refractivity contribution < 1.29 is 5.11 Å². The molecule has 0 amide bonds. The molecule has 6 nitrogen and oxygen atoms in total. The number of aromatic nitrogens is 2. The SMILES string of the molecule is Cc1cccc(Nc2nc(N[C@@H]3CCCC[C@@H]3N)c(-c3ccccc3)c3c[nH]c(O)c23)c1. The minimum absolute atomic E-state index is 0.0951. The van der Waals surface area contributed by atoms with E-state index in [0.29, 0.717) is 11.2 Å². The van der Waals surface area contributed by atoms with Crippen LogP contribution in [0.5, 0.6) is 5.88 Å². The topological polar surface area (TPSA) is 99.0 Å². The van der Waals surface area contributed by atoms with Gasteiger partial charge in [0.25, 0.3) is 0 Å². The molecule has 6 heteroatoms. The number of nitrogens with two attached hydrogens (primary N) is 1. The highest BCUT2D eigenvalue weighted by atomic mass is 16.3. The van der Waals surface area contributed by atoms with E-state index in [0.717, 1.165) is 52.8 Å². The molecule has 0 radical (unpaired) electrons. The van der Waals surface area contributed by atoms with Gasteiger partial charge in [-0.1, -0.05) is 55.3 Å². The van der Waals surface area contributed by atoms with Crippen molar-refractivity contribution in [1.29, 1.82) is 0 Å². The molecule has 0 spiro atoms. The zero-order valence-electron chi connectivity index (χ0n) is 18.2. The highest BCUT2D eigenvalue weighted by Gasteiger charge is 2.26. The summed E-state index contributed by atoms with van der Waals surface area (Å²) in [6, 6.07) is 18.5. The predicted octanol–water partition coefficient (Wildman–Crippen LogP) is 5.67. The summed E-state index contributed by atoms with van der Waals surface area (Å²) in [5.74, 6) is 1.48. The number of aromatic hydroxyl groups is 1. The molecule has 0 unspecified atom stereocenters. The molecule has 2 aromatic heterocycles. The monoisotopic (exact) mass is 427 g/mol. The van der Waals surface area contributed by atoms with Gasteiger partial charge in [0.15, 0.2) is 5.88 Å². The molecule has 1 aliphatic carbocycles. The number of pyridine rings is 1. The predicted molar refractivity (Wildman–Crippen MR) is 132 cm³/mol. The maximum Gasteiger partial charge on any atom is 0.200 e. The van der Waals surface area contributed by atoms with Crippen molar-refractivity contribution in [2.75, 3.05) is 10.6 Å². The van der Waals surface area contributed by atoms with Crippen LogP contribution in [0.2, 0.25) is 0 Å². The maximum absolute atomic E-state index is 10.7. The molecule has 2 aromatic carbocycles. The lowest BCUT2D eigenvalue weighted by Gasteiger charge is -2.30. The molecule has 6 N–H and O–H groups in total. The first kappa shape index (κ1) is 20.4. The molecule has 0 saturated heterocycles. The number of anilines is 3. The normalized spacial score (nSPS) is 18.6. The molecule has 164 valence electrons. The van der Waals surface area contributed by atoms with Crippen molar-refractivity contribution in [2.24, 2.45) is 5.73 Å². The summed E-state index contributed by atoms with van der Waals surface area (Å²) in [5, 5.41) is 19.3. The molecule has 1 aliphatic rings. The maximum atomic E-state index is 10.7. The Morgan fingerprint density at radius 3 is 2.62 bits per heavy atom. The average molecular weight is 428 g/mol. The van der Waals surface area contributed by atoms with Gasteiger partial charge >= 0.3 is 0 Å². The van der Waals surface area contributed by atoms with Crippen LogP contribution >= 0.6 is 0 Å². The van der Waals surface area contributed by atoms with Gasteiger partial charge in [-0.05, 0) is 43.0 Å². The highest BCUT2D eigenvalue weighted by Crippen LogP contribution is 2.42. The number of aromatic amines is 1. The number of benzene rings is 2. The number of H-pyrrole nitrogens is 1. The Morgan fingerprint density at radius 2 is 1.84 bits per heavy atom. The quantitative estimate of drug-likeness (QED) is 0.283. The zero-order valence-corrected chi connectivity index (χ0v) is 18.2. The summed E-state index contributed by atoms with van der Waals surface area (Å²) >= 11 is 0. The van der Waals surface area contributed by atoms with Crippen LogP contribution in [0.3, 0.4) is 0 Å². The summed E-state index contributed by atoms with van der Waals surface area (Å²) in [4.78, 5) is 7.99. The van der Waals surface area contributed by atoms with Crippen LogP contribution in [0.15, 0.2) is 60.8 Å². The molecular weight excluding hydrogens is 398 g/mol. The van der Waals surface area contributed by atoms with Crippen LogP contribution in [-0.2, 0) is 0 Å². The Balaban J connectivity index is 1.68. The first-order chi connectivity index (χ1) is 15.6. The first-order valence-electron chi connectivity index (χ1n) is 11.3. The van der Waals surface area contributed by atoms with E-state index in [1.54, 1.807) is 0 Å². The van der Waals surface area contributed by atoms with E-state index in [2.05, 4.69) is 46.8 Å². The van der Waals surface area contributed by atoms with Gasteiger partial charge in [0, 0.05) is 34.9 Å². The van der Waals surface area contributed by atoms with Crippen LogP contribution in [0.1, 0.15) is 31.2 Å². The lowest BCUT2D eigenvalue weighted by molar-refractivity contribution is 0.403. The van der Waals surface area contributed by atoms with Gasteiger partial charge in [0.2, 0.25) is 0 Å². The Kier molecular flexibility index (Phi) is 5.45. The van der Waals surface area contributed by atoms with Crippen LogP contribution in [-0.4, -0.2) is 27.2 Å². The highest BCUT2D eigenvalue weighted by molar-refractivity contribution is 6.09. The van der Waals surface area contributed by atoms with E-state index in [1.807, 2.05) is 36.5 Å². The second-order valence-electron chi connectivity index (χ2n) is 8.67. The van der Waals surface area contributed by atoms with Crippen LogP contribution in [0, 0.1) is 6.92 Å². The number of hydrogen-bond acceptors (Lipinski definition) is 5. The minimum atomic E-state index is 0.0951. The van der Waals surface area contributed by atoms with Gasteiger partial charge in [-0.2, -0.15) is 0 Å². The fourth-order valence-electron chi connectivity index (χ4n) is 4.67. The van der Waals surface area contributed by atoms with Gasteiger partial charge in [0.1, 0.15) is 11.6 Å². The molecule has 1 fully saturated rings. The lowest BCUT2D eigenvalue weighted by Crippen LogP contribution is -2.42. The first-order valence-corrected chi connectivity index (χ1v) is 11.3. The van der Waals surface area contributed by atoms with Crippen molar-refractivity contribution in [3.63, 3.8) is 0 Å². The molecule has 2 heterocycles. The number of hydrogen-bond donors (Lipinski definition) is 5. The Bertz CT molecular complexity index is 1230. The van der Waals surface area contributed by atoms with Gasteiger partial charge in [0.05, 0.1) is 5.39 Å². The van der Waals surface area contributed by atoms with Crippen LogP contribution < -0.4 is 16.4 Å². The molecule has 32 heavy (non-hydrogen) atoms.